The summed E-state index contributed by atoms with van der Waals surface area (Å²) in [5.74, 6) is -0.0506. The predicted molar refractivity (Wildman–Crippen MR) is 118 cm³/mol. The maximum Gasteiger partial charge on any atom is 0.335 e. The summed E-state index contributed by atoms with van der Waals surface area (Å²) in [4.78, 5) is 31.3. The van der Waals surface area contributed by atoms with Crippen molar-refractivity contribution in [3.63, 3.8) is 0 Å². The van der Waals surface area contributed by atoms with Crippen LogP contribution < -0.4 is 4.74 Å². The van der Waals surface area contributed by atoms with Crippen LogP contribution in [0.3, 0.4) is 0 Å². The van der Waals surface area contributed by atoms with E-state index in [0.29, 0.717) is 26.1 Å². The molecule has 1 unspecified atom stereocenters. The topological polar surface area (TPSA) is 85.9 Å². The standard InChI is InChI=1S/C24H27N3O4/c1-15-12-21(31-3)19(18-8-9-25-23(15)18)14-27-11-10-26(2)22(28)13-20(27)16-4-6-17(7-5-16)24(29)30/h4-9,12,20,25H,10-11,13-14H2,1-3H3,(H,29,30). The number of methoxy groups -OCH3 is 1. The number of hydrogen-bond acceptors (Lipinski definition) is 4. The van der Waals surface area contributed by atoms with Gasteiger partial charge in [0.15, 0.2) is 0 Å². The first-order chi connectivity index (χ1) is 14.9. The molecule has 2 heterocycles. The number of carboxylic acid groups (broad SMARTS) is 1. The number of carbonyl (C=O) groups is 2. The van der Waals surface area contributed by atoms with Gasteiger partial charge < -0.3 is 19.7 Å². The van der Waals surface area contributed by atoms with Crippen LogP contribution in [0.5, 0.6) is 5.75 Å². The van der Waals surface area contributed by atoms with E-state index < -0.39 is 5.97 Å². The van der Waals surface area contributed by atoms with Gasteiger partial charge >= 0.3 is 5.97 Å². The molecule has 1 aliphatic rings. The molecule has 2 aromatic carbocycles. The Morgan fingerprint density at radius 3 is 2.65 bits per heavy atom. The van der Waals surface area contributed by atoms with Crippen LogP contribution in [0.1, 0.15) is 39.5 Å². The summed E-state index contributed by atoms with van der Waals surface area (Å²) < 4.78 is 5.72. The zero-order valence-electron chi connectivity index (χ0n) is 18.0. The maximum absolute atomic E-state index is 12.7. The molecular formula is C24H27N3O4. The highest BCUT2D eigenvalue weighted by Crippen LogP contribution is 2.35. The van der Waals surface area contributed by atoms with Crippen molar-refractivity contribution in [2.45, 2.75) is 25.9 Å². The fourth-order valence-corrected chi connectivity index (χ4v) is 4.36. The lowest BCUT2D eigenvalue weighted by atomic mass is 9.98. The molecule has 1 aliphatic heterocycles. The number of hydrogen-bond donors (Lipinski definition) is 2. The summed E-state index contributed by atoms with van der Waals surface area (Å²) in [6, 6.07) is 10.8. The number of fused-ring (bicyclic) bond motifs is 1. The number of nitrogens with zero attached hydrogens (tertiary/aromatic N) is 2. The fraction of sp³-hybridized carbons (Fsp3) is 0.333. The van der Waals surface area contributed by atoms with E-state index in [1.54, 1.807) is 24.1 Å². The molecule has 0 spiro atoms. The second-order valence-corrected chi connectivity index (χ2v) is 8.07. The van der Waals surface area contributed by atoms with Crippen LogP contribution in [0.25, 0.3) is 10.9 Å². The Balaban J connectivity index is 1.75. The van der Waals surface area contributed by atoms with Gasteiger partial charge in [0.25, 0.3) is 0 Å². The number of nitrogens with one attached hydrogen (secondary N) is 1. The number of benzene rings is 2. The molecule has 1 fully saturated rings. The van der Waals surface area contributed by atoms with Crippen molar-refractivity contribution in [1.29, 1.82) is 0 Å². The molecule has 4 rings (SSSR count). The van der Waals surface area contributed by atoms with Crippen LogP contribution in [0, 0.1) is 6.92 Å². The van der Waals surface area contributed by atoms with E-state index in [-0.39, 0.29) is 17.5 Å². The lowest BCUT2D eigenvalue weighted by molar-refractivity contribution is -0.129. The highest BCUT2D eigenvalue weighted by Gasteiger charge is 2.30. The van der Waals surface area contributed by atoms with Gasteiger partial charge in [-0.1, -0.05) is 12.1 Å². The Labute approximate surface area is 181 Å². The van der Waals surface area contributed by atoms with E-state index in [9.17, 15) is 14.7 Å². The van der Waals surface area contributed by atoms with Crippen molar-refractivity contribution >= 4 is 22.8 Å². The minimum atomic E-state index is -0.959. The zero-order chi connectivity index (χ0) is 22.1. The molecule has 7 heteroatoms. The van der Waals surface area contributed by atoms with Gasteiger partial charge in [-0.05, 0) is 42.3 Å². The van der Waals surface area contributed by atoms with Crippen molar-refractivity contribution in [3.05, 3.63) is 64.8 Å². The van der Waals surface area contributed by atoms with Crippen LogP contribution in [0.4, 0.5) is 0 Å². The Kier molecular flexibility index (Phi) is 5.69. The third kappa shape index (κ3) is 4.01. The number of carboxylic acids is 1. The van der Waals surface area contributed by atoms with Crippen molar-refractivity contribution in [2.75, 3.05) is 27.2 Å². The zero-order valence-corrected chi connectivity index (χ0v) is 18.0. The van der Waals surface area contributed by atoms with Gasteiger partial charge in [0.1, 0.15) is 5.75 Å². The lowest BCUT2D eigenvalue weighted by Crippen LogP contribution is -2.31. The van der Waals surface area contributed by atoms with Crippen LogP contribution in [-0.2, 0) is 11.3 Å². The molecule has 0 radical (unpaired) electrons. The number of H-pyrrole nitrogens is 1. The molecule has 31 heavy (non-hydrogen) atoms. The van der Waals surface area contributed by atoms with Crippen LogP contribution in [0.15, 0.2) is 42.6 Å². The highest BCUT2D eigenvalue weighted by atomic mass is 16.5. The average molecular weight is 421 g/mol. The monoisotopic (exact) mass is 421 g/mol. The molecule has 162 valence electrons. The summed E-state index contributed by atoms with van der Waals surface area (Å²) in [5, 5.41) is 10.3. The molecule has 1 aromatic heterocycles. The summed E-state index contributed by atoms with van der Waals surface area (Å²) in [6.45, 7) is 4.01. The molecule has 0 saturated carbocycles. The number of aryl methyl sites for hydroxylation is 1. The van der Waals surface area contributed by atoms with Gasteiger partial charge in [-0.2, -0.15) is 0 Å². The first kappa shape index (κ1) is 20.9. The summed E-state index contributed by atoms with van der Waals surface area (Å²) in [5.41, 5.74) is 4.45. The maximum atomic E-state index is 12.7. The number of aromatic nitrogens is 1. The van der Waals surface area contributed by atoms with Crippen LogP contribution >= 0.6 is 0 Å². The number of rotatable bonds is 5. The van der Waals surface area contributed by atoms with Crippen LogP contribution in [-0.4, -0.2) is 59.0 Å². The van der Waals surface area contributed by atoms with Gasteiger partial charge in [0.2, 0.25) is 5.91 Å². The summed E-state index contributed by atoms with van der Waals surface area (Å²) in [7, 11) is 3.51. The quantitative estimate of drug-likeness (QED) is 0.658. The minimum Gasteiger partial charge on any atom is -0.496 e. The second kappa shape index (κ2) is 8.43. The summed E-state index contributed by atoms with van der Waals surface area (Å²) >= 11 is 0. The molecular weight excluding hydrogens is 394 g/mol. The Morgan fingerprint density at radius 1 is 1.23 bits per heavy atom. The van der Waals surface area contributed by atoms with E-state index in [4.69, 9.17) is 4.74 Å². The number of aromatic carboxylic acids is 1. The Hall–Kier alpha value is -3.32. The predicted octanol–water partition coefficient (Wildman–Crippen LogP) is 3.59. The molecule has 1 atom stereocenters. The van der Waals surface area contributed by atoms with Gasteiger partial charge in [-0.25, -0.2) is 4.79 Å². The number of ether oxygens (including phenoxy) is 1. The van der Waals surface area contributed by atoms with Crippen molar-refractivity contribution in [3.8, 4) is 5.75 Å². The Morgan fingerprint density at radius 2 is 1.97 bits per heavy atom. The average Bonchev–Trinajstić information content (AvgIpc) is 3.21. The first-order valence-electron chi connectivity index (χ1n) is 10.3. The molecule has 0 aliphatic carbocycles. The normalized spacial score (nSPS) is 17.7. The van der Waals surface area contributed by atoms with Gasteiger partial charge in [0.05, 0.1) is 12.7 Å². The smallest absolute Gasteiger partial charge is 0.335 e. The molecule has 1 amide bonds. The highest BCUT2D eigenvalue weighted by molar-refractivity contribution is 5.88. The molecule has 0 bridgehead atoms. The van der Waals surface area contributed by atoms with E-state index in [1.807, 2.05) is 31.4 Å². The molecule has 7 nitrogen and oxygen atoms in total. The minimum absolute atomic E-state index is 0.0810. The number of carbonyl (C=O) groups excluding carboxylic acids is 1. The second-order valence-electron chi connectivity index (χ2n) is 8.07. The third-order valence-corrected chi connectivity index (χ3v) is 6.19. The largest absolute Gasteiger partial charge is 0.496 e. The van der Waals surface area contributed by atoms with Crippen LogP contribution in [0.2, 0.25) is 0 Å². The molecule has 3 aromatic rings. The van der Waals surface area contributed by atoms with Gasteiger partial charge in [-0.3, -0.25) is 9.69 Å². The van der Waals surface area contributed by atoms with Crippen molar-refractivity contribution < 1.29 is 19.4 Å². The number of amides is 1. The van der Waals surface area contributed by atoms with E-state index >= 15 is 0 Å². The van der Waals surface area contributed by atoms with Crippen molar-refractivity contribution in [1.82, 2.24) is 14.8 Å². The van der Waals surface area contributed by atoms with E-state index in [2.05, 4.69) is 22.9 Å². The first-order valence-corrected chi connectivity index (χ1v) is 10.3. The third-order valence-electron chi connectivity index (χ3n) is 6.19. The van der Waals surface area contributed by atoms with E-state index in [1.165, 1.54) is 0 Å². The number of aromatic amines is 1. The fourth-order valence-electron chi connectivity index (χ4n) is 4.36. The van der Waals surface area contributed by atoms with E-state index in [0.717, 1.165) is 33.3 Å². The van der Waals surface area contributed by atoms with Crippen molar-refractivity contribution in [2.24, 2.45) is 0 Å². The lowest BCUT2D eigenvalue weighted by Gasteiger charge is -2.30. The number of likely N-dealkylation sites (N-methyl/N-ethyl adjacent to an activating group) is 1. The van der Waals surface area contributed by atoms with Gasteiger partial charge in [0, 0.05) is 61.8 Å². The SMILES string of the molecule is COc1cc(C)c2[nH]ccc2c1CN1CCN(C)C(=O)CC1c1ccc(C(=O)O)cc1. The summed E-state index contributed by atoms with van der Waals surface area (Å²) in [6.07, 6.45) is 2.27. The molecule has 1 saturated heterocycles. The van der Waals surface area contributed by atoms with Gasteiger partial charge in [-0.15, -0.1) is 0 Å². The Bertz CT molecular complexity index is 1120. The molecule has 2 N–H and O–H groups in total.